The van der Waals surface area contributed by atoms with Gasteiger partial charge in [-0.2, -0.15) is 0 Å². The number of likely N-dealkylation sites (N-methyl/N-ethyl adjacent to an activating group) is 1. The first kappa shape index (κ1) is 14.6. The molecule has 2 heterocycles. The van der Waals surface area contributed by atoms with Gasteiger partial charge in [0, 0.05) is 33.2 Å². The highest BCUT2D eigenvalue weighted by atomic mass is 16.4. The third-order valence-electron chi connectivity index (χ3n) is 4.20. The van der Waals surface area contributed by atoms with Crippen molar-refractivity contribution < 1.29 is 19.5 Å². The first-order valence-corrected chi connectivity index (χ1v) is 6.85. The van der Waals surface area contributed by atoms with E-state index in [2.05, 4.69) is 0 Å². The number of hydrogen-bond acceptors (Lipinski definition) is 3. The lowest BCUT2D eigenvalue weighted by molar-refractivity contribution is -0.147. The topological polar surface area (TPSA) is 81.2 Å². The predicted molar refractivity (Wildman–Crippen MR) is 71.2 cm³/mol. The van der Waals surface area contributed by atoms with Crippen LogP contribution in [0.4, 0.5) is 4.79 Å². The van der Waals surface area contributed by atoms with E-state index in [1.165, 1.54) is 4.90 Å². The van der Waals surface area contributed by atoms with Crippen LogP contribution in [0, 0.1) is 5.41 Å². The van der Waals surface area contributed by atoms with Crippen LogP contribution >= 0.6 is 0 Å². The van der Waals surface area contributed by atoms with E-state index in [1.807, 2.05) is 0 Å². The Hall–Kier alpha value is -1.79. The van der Waals surface area contributed by atoms with Crippen LogP contribution in [-0.2, 0) is 9.59 Å². The number of carbonyl (C=O) groups excluding carboxylic acids is 2. The van der Waals surface area contributed by atoms with E-state index in [0.717, 1.165) is 6.42 Å². The second-order valence-electron chi connectivity index (χ2n) is 5.91. The number of carbonyl (C=O) groups is 3. The number of urea groups is 1. The molecule has 3 amide bonds. The molecule has 1 N–H and O–H groups in total. The fourth-order valence-electron chi connectivity index (χ4n) is 2.65. The molecule has 0 aliphatic carbocycles. The fourth-order valence-corrected chi connectivity index (χ4v) is 2.65. The summed E-state index contributed by atoms with van der Waals surface area (Å²) in [7, 11) is 1.73. The normalized spacial score (nSPS) is 27.7. The molecule has 1 unspecified atom stereocenters. The zero-order valence-corrected chi connectivity index (χ0v) is 12.0. The summed E-state index contributed by atoms with van der Waals surface area (Å²) in [6.45, 7) is 3.56. The molecule has 0 saturated carbocycles. The number of carboxylic acids is 1. The standard InChI is InChI=1S/C13H21N3O4/c1-13(11(18)19)4-7-16(9-13)12(20)15-6-3-5-14(2)10(17)8-15/h3-9H2,1-2H3,(H,18,19). The van der Waals surface area contributed by atoms with Gasteiger partial charge in [-0.15, -0.1) is 0 Å². The Balaban J connectivity index is 2.02. The van der Waals surface area contributed by atoms with E-state index < -0.39 is 11.4 Å². The number of amides is 3. The average molecular weight is 283 g/mol. The molecule has 2 aliphatic heterocycles. The largest absolute Gasteiger partial charge is 0.481 e. The van der Waals surface area contributed by atoms with E-state index >= 15 is 0 Å². The van der Waals surface area contributed by atoms with Gasteiger partial charge in [-0.25, -0.2) is 4.79 Å². The Kier molecular flexibility index (Phi) is 3.87. The molecule has 2 saturated heterocycles. The minimum absolute atomic E-state index is 0.0731. The highest BCUT2D eigenvalue weighted by Gasteiger charge is 2.43. The van der Waals surface area contributed by atoms with Gasteiger partial charge in [0.05, 0.1) is 5.41 Å². The SMILES string of the molecule is CN1CCCN(C(=O)N2CCC(C)(C(=O)O)C2)CC1=O. The Morgan fingerprint density at radius 2 is 1.90 bits per heavy atom. The van der Waals surface area contributed by atoms with Gasteiger partial charge in [-0.1, -0.05) is 0 Å². The number of aliphatic carboxylic acids is 1. The van der Waals surface area contributed by atoms with Crippen molar-refractivity contribution in [2.45, 2.75) is 19.8 Å². The first-order chi connectivity index (χ1) is 9.33. The average Bonchev–Trinajstić information content (AvgIpc) is 2.72. The zero-order chi connectivity index (χ0) is 14.9. The van der Waals surface area contributed by atoms with Crippen LogP contribution < -0.4 is 0 Å². The van der Waals surface area contributed by atoms with Crippen molar-refractivity contribution in [2.75, 3.05) is 39.8 Å². The number of nitrogens with zero attached hydrogens (tertiary/aromatic N) is 3. The molecule has 7 heteroatoms. The molecule has 112 valence electrons. The second-order valence-corrected chi connectivity index (χ2v) is 5.91. The van der Waals surface area contributed by atoms with Gasteiger partial charge in [0.25, 0.3) is 0 Å². The molecule has 7 nitrogen and oxygen atoms in total. The van der Waals surface area contributed by atoms with Crippen molar-refractivity contribution >= 4 is 17.9 Å². The van der Waals surface area contributed by atoms with Crippen LogP contribution in [0.25, 0.3) is 0 Å². The van der Waals surface area contributed by atoms with Crippen molar-refractivity contribution in [3.05, 3.63) is 0 Å². The minimum atomic E-state index is -0.875. The van der Waals surface area contributed by atoms with Gasteiger partial charge in [0.15, 0.2) is 0 Å². The van der Waals surface area contributed by atoms with Crippen LogP contribution in [0.1, 0.15) is 19.8 Å². The van der Waals surface area contributed by atoms with Crippen LogP contribution in [0.15, 0.2) is 0 Å². The van der Waals surface area contributed by atoms with E-state index in [9.17, 15) is 19.5 Å². The lowest BCUT2D eigenvalue weighted by atomic mass is 9.90. The summed E-state index contributed by atoms with van der Waals surface area (Å²) < 4.78 is 0. The molecule has 1 atom stereocenters. The third-order valence-corrected chi connectivity index (χ3v) is 4.20. The van der Waals surface area contributed by atoms with Crippen LogP contribution in [0.2, 0.25) is 0 Å². The van der Waals surface area contributed by atoms with Crippen LogP contribution in [0.3, 0.4) is 0 Å². The van der Waals surface area contributed by atoms with Crippen LogP contribution in [0.5, 0.6) is 0 Å². The van der Waals surface area contributed by atoms with E-state index in [0.29, 0.717) is 26.1 Å². The fraction of sp³-hybridized carbons (Fsp3) is 0.769. The van der Waals surface area contributed by atoms with E-state index in [1.54, 1.807) is 23.8 Å². The molecular formula is C13H21N3O4. The highest BCUT2D eigenvalue weighted by Crippen LogP contribution is 2.30. The molecule has 0 aromatic heterocycles. The van der Waals surface area contributed by atoms with Gasteiger partial charge >= 0.3 is 12.0 Å². The van der Waals surface area contributed by atoms with Crippen molar-refractivity contribution in [3.8, 4) is 0 Å². The van der Waals surface area contributed by atoms with Crippen molar-refractivity contribution in [3.63, 3.8) is 0 Å². The summed E-state index contributed by atoms with van der Waals surface area (Å²) in [5, 5.41) is 9.19. The summed E-state index contributed by atoms with van der Waals surface area (Å²) in [4.78, 5) is 40.1. The number of likely N-dealkylation sites (tertiary alicyclic amines) is 1. The minimum Gasteiger partial charge on any atom is -0.481 e. The maximum Gasteiger partial charge on any atom is 0.320 e. The molecule has 0 aromatic carbocycles. The third kappa shape index (κ3) is 2.71. The second kappa shape index (κ2) is 5.30. The predicted octanol–water partition coefficient (Wildman–Crippen LogP) is 0.0671. The first-order valence-electron chi connectivity index (χ1n) is 6.85. The smallest absolute Gasteiger partial charge is 0.320 e. The quantitative estimate of drug-likeness (QED) is 0.738. The van der Waals surface area contributed by atoms with Crippen LogP contribution in [-0.4, -0.2) is 77.5 Å². The number of carboxylic acid groups (broad SMARTS) is 1. The molecule has 0 spiro atoms. The summed E-state index contributed by atoms with van der Waals surface area (Å²) in [5.41, 5.74) is -0.873. The summed E-state index contributed by atoms with van der Waals surface area (Å²) in [5.74, 6) is -0.949. The Morgan fingerprint density at radius 1 is 1.20 bits per heavy atom. The molecule has 2 fully saturated rings. The number of rotatable bonds is 1. The maximum atomic E-state index is 12.4. The Morgan fingerprint density at radius 3 is 2.50 bits per heavy atom. The van der Waals surface area contributed by atoms with E-state index in [-0.39, 0.29) is 25.0 Å². The lowest BCUT2D eigenvalue weighted by Gasteiger charge is -2.27. The van der Waals surface area contributed by atoms with E-state index in [4.69, 9.17) is 0 Å². The summed E-state index contributed by atoms with van der Waals surface area (Å²) in [6, 6.07) is -0.223. The Labute approximate surface area is 118 Å². The molecule has 20 heavy (non-hydrogen) atoms. The van der Waals surface area contributed by atoms with Gasteiger partial charge in [0.2, 0.25) is 5.91 Å². The van der Waals surface area contributed by atoms with Gasteiger partial charge < -0.3 is 19.8 Å². The van der Waals surface area contributed by atoms with Crippen molar-refractivity contribution in [2.24, 2.45) is 5.41 Å². The molecule has 0 radical (unpaired) electrons. The molecule has 0 aromatic rings. The molecule has 0 bridgehead atoms. The molecule has 2 rings (SSSR count). The zero-order valence-electron chi connectivity index (χ0n) is 12.0. The molecular weight excluding hydrogens is 262 g/mol. The summed E-state index contributed by atoms with van der Waals surface area (Å²) >= 11 is 0. The molecule has 2 aliphatic rings. The van der Waals surface area contributed by atoms with Gasteiger partial charge in [0.1, 0.15) is 6.54 Å². The monoisotopic (exact) mass is 283 g/mol. The van der Waals surface area contributed by atoms with Crippen molar-refractivity contribution in [1.29, 1.82) is 0 Å². The highest BCUT2D eigenvalue weighted by molar-refractivity contribution is 5.85. The Bertz CT molecular complexity index is 439. The maximum absolute atomic E-state index is 12.4. The summed E-state index contributed by atoms with van der Waals surface area (Å²) in [6.07, 6.45) is 1.20. The van der Waals surface area contributed by atoms with Gasteiger partial charge in [-0.05, 0) is 19.8 Å². The number of hydrogen-bond donors (Lipinski definition) is 1. The lowest BCUT2D eigenvalue weighted by Crippen LogP contribution is -2.46. The van der Waals surface area contributed by atoms with Gasteiger partial charge in [-0.3, -0.25) is 9.59 Å². The van der Waals surface area contributed by atoms with Crippen molar-refractivity contribution in [1.82, 2.24) is 14.7 Å².